The Hall–Kier alpha value is -0.770. The number of hydrogen-bond donors (Lipinski definition) is 2. The molecule has 1 aromatic carbocycles. The first kappa shape index (κ1) is 17.2. The maximum atomic E-state index is 11.5. The van der Waals surface area contributed by atoms with Gasteiger partial charge in [0.15, 0.2) is 0 Å². The van der Waals surface area contributed by atoms with Gasteiger partial charge in [0.2, 0.25) is 5.91 Å². The summed E-state index contributed by atoms with van der Waals surface area (Å²) in [5, 5.41) is 3.69. The van der Waals surface area contributed by atoms with Crippen molar-refractivity contribution in [1.29, 1.82) is 0 Å². The van der Waals surface area contributed by atoms with Gasteiger partial charge in [-0.15, -0.1) is 12.4 Å². The zero-order valence-electron chi connectivity index (χ0n) is 10.7. The van der Waals surface area contributed by atoms with Gasteiger partial charge >= 0.3 is 0 Å². The van der Waals surface area contributed by atoms with Crippen LogP contribution in [0.1, 0.15) is 25.8 Å². The van der Waals surface area contributed by atoms with Crippen LogP contribution >= 0.6 is 24.0 Å². The summed E-state index contributed by atoms with van der Waals surface area (Å²) in [6.45, 7) is 4.32. The molecule has 0 aliphatic carbocycles. The van der Waals surface area contributed by atoms with E-state index < -0.39 is 0 Å². The zero-order chi connectivity index (χ0) is 12.9. The number of hydrogen-bond acceptors (Lipinski definition) is 2. The minimum absolute atomic E-state index is 0. The molecule has 0 fully saturated rings. The van der Waals surface area contributed by atoms with Crippen LogP contribution in [0.15, 0.2) is 24.3 Å². The standard InChI is InChI=1S/C13H19ClN2O.ClH/c1-13(2,16-12(17)7-8-15)9-10-5-3-4-6-11(10)14;/h3-6H,7-9,15H2,1-2H3,(H,16,17);1H. The molecule has 0 atom stereocenters. The first-order valence-electron chi connectivity index (χ1n) is 5.69. The number of benzene rings is 1. The molecule has 1 rings (SSSR count). The van der Waals surface area contributed by atoms with Crippen LogP contribution in [-0.2, 0) is 11.2 Å². The summed E-state index contributed by atoms with van der Waals surface area (Å²) in [5.41, 5.74) is 6.06. The van der Waals surface area contributed by atoms with Gasteiger partial charge in [0.25, 0.3) is 0 Å². The summed E-state index contributed by atoms with van der Waals surface area (Å²) in [7, 11) is 0. The highest BCUT2D eigenvalue weighted by Crippen LogP contribution is 2.20. The fourth-order valence-electron chi connectivity index (χ4n) is 1.73. The molecule has 3 nitrogen and oxygen atoms in total. The molecule has 18 heavy (non-hydrogen) atoms. The van der Waals surface area contributed by atoms with E-state index >= 15 is 0 Å². The minimum atomic E-state index is -0.322. The molecule has 102 valence electrons. The van der Waals surface area contributed by atoms with E-state index in [4.69, 9.17) is 17.3 Å². The van der Waals surface area contributed by atoms with Gasteiger partial charge in [0.05, 0.1) is 0 Å². The van der Waals surface area contributed by atoms with Crippen molar-refractivity contribution >= 4 is 29.9 Å². The number of halogens is 2. The molecule has 0 aliphatic heterocycles. The van der Waals surface area contributed by atoms with E-state index in [2.05, 4.69) is 5.32 Å². The number of nitrogens with two attached hydrogens (primary N) is 1. The molecule has 0 saturated carbocycles. The van der Waals surface area contributed by atoms with Crippen molar-refractivity contribution in [2.45, 2.75) is 32.2 Å². The first-order valence-corrected chi connectivity index (χ1v) is 6.07. The smallest absolute Gasteiger partial charge is 0.221 e. The lowest BCUT2D eigenvalue weighted by Gasteiger charge is -2.26. The minimum Gasteiger partial charge on any atom is -0.351 e. The van der Waals surface area contributed by atoms with Crippen LogP contribution in [0.3, 0.4) is 0 Å². The normalized spacial score (nSPS) is 10.7. The Morgan fingerprint density at radius 2 is 2.00 bits per heavy atom. The van der Waals surface area contributed by atoms with E-state index in [9.17, 15) is 4.79 Å². The maximum Gasteiger partial charge on any atom is 0.221 e. The highest BCUT2D eigenvalue weighted by Gasteiger charge is 2.21. The Morgan fingerprint density at radius 3 is 2.56 bits per heavy atom. The van der Waals surface area contributed by atoms with Crippen LogP contribution < -0.4 is 11.1 Å². The quantitative estimate of drug-likeness (QED) is 0.876. The van der Waals surface area contributed by atoms with Gasteiger partial charge in [-0.2, -0.15) is 0 Å². The van der Waals surface area contributed by atoms with Crippen molar-refractivity contribution < 1.29 is 4.79 Å². The lowest BCUT2D eigenvalue weighted by molar-refractivity contribution is -0.122. The molecule has 0 radical (unpaired) electrons. The Labute approximate surface area is 119 Å². The molecule has 5 heteroatoms. The maximum absolute atomic E-state index is 11.5. The second kappa shape index (κ2) is 7.62. The van der Waals surface area contributed by atoms with Gasteiger partial charge in [-0.25, -0.2) is 0 Å². The van der Waals surface area contributed by atoms with Gasteiger partial charge in [0, 0.05) is 23.5 Å². The van der Waals surface area contributed by atoms with Crippen LogP contribution in [0.5, 0.6) is 0 Å². The molecule has 0 aliphatic rings. The number of nitrogens with one attached hydrogen (secondary N) is 1. The Balaban J connectivity index is 0.00000289. The molecule has 3 N–H and O–H groups in total. The fourth-order valence-corrected chi connectivity index (χ4v) is 1.94. The Morgan fingerprint density at radius 1 is 1.39 bits per heavy atom. The van der Waals surface area contributed by atoms with Crippen LogP contribution in [0.2, 0.25) is 5.02 Å². The van der Waals surface area contributed by atoms with Crippen molar-refractivity contribution in [1.82, 2.24) is 5.32 Å². The van der Waals surface area contributed by atoms with Crippen molar-refractivity contribution in [2.75, 3.05) is 6.54 Å². The summed E-state index contributed by atoms with van der Waals surface area (Å²) in [5.74, 6) is -0.0236. The van der Waals surface area contributed by atoms with Crippen LogP contribution in [0, 0.1) is 0 Å². The van der Waals surface area contributed by atoms with Crippen molar-refractivity contribution in [3.05, 3.63) is 34.9 Å². The van der Waals surface area contributed by atoms with Gasteiger partial charge in [-0.05, 0) is 31.9 Å². The van der Waals surface area contributed by atoms with Gasteiger partial charge in [-0.1, -0.05) is 29.8 Å². The molecular formula is C13H20Cl2N2O. The summed E-state index contributed by atoms with van der Waals surface area (Å²) in [6, 6.07) is 7.67. The third-order valence-electron chi connectivity index (χ3n) is 2.44. The number of rotatable bonds is 5. The lowest BCUT2D eigenvalue weighted by atomic mass is 9.94. The van der Waals surface area contributed by atoms with Crippen molar-refractivity contribution in [3.8, 4) is 0 Å². The van der Waals surface area contributed by atoms with E-state index in [1.54, 1.807) is 0 Å². The van der Waals surface area contributed by atoms with Crippen LogP contribution in [0.4, 0.5) is 0 Å². The fraction of sp³-hybridized carbons (Fsp3) is 0.462. The summed E-state index contributed by atoms with van der Waals surface area (Å²) >= 11 is 6.10. The third-order valence-corrected chi connectivity index (χ3v) is 2.81. The number of carbonyl (C=O) groups is 1. The van der Waals surface area contributed by atoms with E-state index in [0.717, 1.165) is 10.6 Å². The predicted octanol–water partition coefficient (Wildman–Crippen LogP) is 2.55. The highest BCUT2D eigenvalue weighted by atomic mass is 35.5. The van der Waals surface area contributed by atoms with Crippen LogP contribution in [0.25, 0.3) is 0 Å². The lowest BCUT2D eigenvalue weighted by Crippen LogP contribution is -2.45. The van der Waals surface area contributed by atoms with Gasteiger partial charge < -0.3 is 11.1 Å². The molecule has 0 heterocycles. The summed E-state index contributed by atoms with van der Waals surface area (Å²) < 4.78 is 0. The monoisotopic (exact) mass is 290 g/mol. The summed E-state index contributed by atoms with van der Waals surface area (Å²) in [6.07, 6.45) is 1.05. The van der Waals surface area contributed by atoms with E-state index in [1.165, 1.54) is 0 Å². The van der Waals surface area contributed by atoms with E-state index in [0.29, 0.717) is 19.4 Å². The van der Waals surface area contributed by atoms with E-state index in [-0.39, 0.29) is 23.9 Å². The van der Waals surface area contributed by atoms with Gasteiger partial charge in [-0.3, -0.25) is 4.79 Å². The molecule has 0 saturated heterocycles. The highest BCUT2D eigenvalue weighted by molar-refractivity contribution is 6.31. The SMILES string of the molecule is CC(C)(Cc1ccccc1Cl)NC(=O)CCN.Cl. The van der Waals surface area contributed by atoms with E-state index in [1.807, 2.05) is 38.1 Å². The largest absolute Gasteiger partial charge is 0.351 e. The third kappa shape index (κ3) is 5.71. The average Bonchev–Trinajstić information content (AvgIpc) is 2.20. The molecule has 0 spiro atoms. The second-order valence-electron chi connectivity index (χ2n) is 4.74. The number of amides is 1. The topological polar surface area (TPSA) is 55.1 Å². The molecule has 0 aromatic heterocycles. The molecule has 1 amide bonds. The number of carbonyl (C=O) groups excluding carboxylic acids is 1. The molecular weight excluding hydrogens is 271 g/mol. The van der Waals surface area contributed by atoms with Crippen molar-refractivity contribution in [2.24, 2.45) is 5.73 Å². The Kier molecular flexibility index (Phi) is 7.29. The second-order valence-corrected chi connectivity index (χ2v) is 5.15. The summed E-state index contributed by atoms with van der Waals surface area (Å²) in [4.78, 5) is 11.5. The molecule has 0 bridgehead atoms. The van der Waals surface area contributed by atoms with Gasteiger partial charge in [0.1, 0.15) is 0 Å². The first-order chi connectivity index (χ1) is 7.94. The van der Waals surface area contributed by atoms with Crippen LogP contribution in [-0.4, -0.2) is 18.0 Å². The Bertz CT molecular complexity index is 394. The molecule has 1 aromatic rings. The zero-order valence-corrected chi connectivity index (χ0v) is 12.3. The predicted molar refractivity (Wildman–Crippen MR) is 78.3 cm³/mol. The van der Waals surface area contributed by atoms with Crippen molar-refractivity contribution in [3.63, 3.8) is 0 Å². The average molecular weight is 291 g/mol. The molecule has 0 unspecified atom stereocenters.